The lowest BCUT2D eigenvalue weighted by atomic mass is 9.67. The minimum Gasteiger partial charge on any atom is -0.314 e. The van der Waals surface area contributed by atoms with Crippen LogP contribution in [0.4, 0.5) is 0 Å². The summed E-state index contributed by atoms with van der Waals surface area (Å²) in [6.07, 6.45) is 0. The number of hydrogen-bond acceptors (Lipinski definition) is 1. The van der Waals surface area contributed by atoms with E-state index < -0.39 is 12.6 Å². The van der Waals surface area contributed by atoms with Crippen molar-refractivity contribution in [3.8, 4) is 22.3 Å². The van der Waals surface area contributed by atoms with Crippen LogP contribution in [0.1, 0.15) is 22.3 Å². The monoisotopic (exact) mass is 454 g/mol. The van der Waals surface area contributed by atoms with E-state index in [9.17, 15) is 4.57 Å². The zero-order chi connectivity index (χ0) is 22.9. The molecule has 162 valence electrons. The Kier molecular flexibility index (Phi) is 4.02. The normalized spacial score (nSPS) is 18.6. The zero-order valence-electron chi connectivity index (χ0n) is 18.9. The first-order valence-electron chi connectivity index (χ1n) is 11.7. The second-order valence-electron chi connectivity index (χ2n) is 9.38. The van der Waals surface area contributed by atoms with E-state index in [-0.39, 0.29) is 0 Å². The molecule has 0 bridgehead atoms. The lowest BCUT2D eigenvalue weighted by molar-refractivity contribution is 0.591. The van der Waals surface area contributed by atoms with Crippen LogP contribution in [0.25, 0.3) is 22.3 Å². The summed E-state index contributed by atoms with van der Waals surface area (Å²) >= 11 is 0. The van der Waals surface area contributed by atoms with Crippen LogP contribution >= 0.6 is 7.14 Å². The first kappa shape index (κ1) is 19.8. The Morgan fingerprint density at radius 3 is 1.74 bits per heavy atom. The molecule has 0 aromatic heterocycles. The quantitative estimate of drug-likeness (QED) is 0.258. The van der Waals surface area contributed by atoms with E-state index in [4.69, 9.17) is 0 Å². The van der Waals surface area contributed by atoms with Gasteiger partial charge in [0.15, 0.2) is 0 Å². The van der Waals surface area contributed by atoms with Crippen molar-refractivity contribution in [1.29, 1.82) is 0 Å². The van der Waals surface area contributed by atoms with Crippen molar-refractivity contribution >= 4 is 17.8 Å². The van der Waals surface area contributed by atoms with E-state index in [0.29, 0.717) is 0 Å². The summed E-state index contributed by atoms with van der Waals surface area (Å²) in [6, 6.07) is 43.2. The van der Waals surface area contributed by atoms with Crippen molar-refractivity contribution < 1.29 is 4.57 Å². The topological polar surface area (TPSA) is 17.1 Å². The molecule has 2 heteroatoms. The van der Waals surface area contributed by atoms with E-state index >= 15 is 0 Å². The van der Waals surface area contributed by atoms with Gasteiger partial charge in [-0.25, -0.2) is 0 Å². The maximum absolute atomic E-state index is 14.1. The maximum Gasteiger partial charge on any atom is 0.141 e. The summed E-state index contributed by atoms with van der Waals surface area (Å²) in [4.78, 5) is 0. The van der Waals surface area contributed by atoms with Gasteiger partial charge < -0.3 is 4.57 Å². The Morgan fingerprint density at radius 1 is 0.500 bits per heavy atom. The van der Waals surface area contributed by atoms with Crippen LogP contribution in [-0.2, 0) is 9.98 Å². The summed E-state index contributed by atoms with van der Waals surface area (Å²) in [6.45, 7) is 1.92. The van der Waals surface area contributed by atoms with Crippen LogP contribution in [0.2, 0.25) is 0 Å². The number of fused-ring (bicyclic) bond motifs is 6. The van der Waals surface area contributed by atoms with Gasteiger partial charge in [0.1, 0.15) is 7.14 Å². The molecule has 7 rings (SSSR count). The summed E-state index contributed by atoms with van der Waals surface area (Å²) in [5.41, 5.74) is 9.25. The lowest BCUT2D eigenvalue weighted by Crippen LogP contribution is -2.28. The van der Waals surface area contributed by atoms with Gasteiger partial charge in [0.25, 0.3) is 0 Å². The number of benzene rings is 5. The zero-order valence-corrected chi connectivity index (χ0v) is 19.8. The molecule has 34 heavy (non-hydrogen) atoms. The molecule has 1 aliphatic carbocycles. The average molecular weight is 455 g/mol. The molecule has 5 aromatic rings. The molecule has 1 heterocycles. The van der Waals surface area contributed by atoms with Crippen molar-refractivity contribution in [2.75, 3.05) is 6.66 Å². The highest BCUT2D eigenvalue weighted by molar-refractivity contribution is 7.79. The molecule has 0 N–H and O–H groups in total. The van der Waals surface area contributed by atoms with Gasteiger partial charge in [-0.1, -0.05) is 109 Å². The van der Waals surface area contributed by atoms with Crippen LogP contribution in [0.5, 0.6) is 0 Å². The van der Waals surface area contributed by atoms with E-state index in [0.717, 1.165) is 21.7 Å². The minimum absolute atomic E-state index is 0.432. The molecule has 0 amide bonds. The fraction of sp³-hybridized carbons (Fsp3) is 0.0625. The Labute approximate surface area is 200 Å². The summed E-state index contributed by atoms with van der Waals surface area (Å²) in [5, 5.41) is 1.96. The first-order valence-corrected chi connectivity index (χ1v) is 13.9. The van der Waals surface area contributed by atoms with Crippen molar-refractivity contribution in [2.45, 2.75) is 5.41 Å². The standard InChI is InChI=1S/C32H23OP/c1-34(33)30-19-11-9-17-25(30)27-20-29-26(21-31(27)34)24-16-8-10-18-28(24)32(29,22-12-4-2-5-13-22)23-14-6-3-7-15-23/h2-21H,1H3. The van der Waals surface area contributed by atoms with Gasteiger partial charge in [0.2, 0.25) is 0 Å². The van der Waals surface area contributed by atoms with Gasteiger partial charge in [0.05, 0.1) is 5.41 Å². The van der Waals surface area contributed by atoms with Crippen LogP contribution in [0, 0.1) is 0 Å². The lowest BCUT2D eigenvalue weighted by Gasteiger charge is -2.34. The van der Waals surface area contributed by atoms with Gasteiger partial charge in [-0.15, -0.1) is 0 Å². The number of hydrogen-bond donors (Lipinski definition) is 0. The molecule has 2 aliphatic rings. The smallest absolute Gasteiger partial charge is 0.141 e. The molecule has 1 atom stereocenters. The van der Waals surface area contributed by atoms with Gasteiger partial charge in [-0.05, 0) is 63.3 Å². The third-order valence-electron chi connectivity index (χ3n) is 7.69. The maximum atomic E-state index is 14.1. The van der Waals surface area contributed by atoms with Crippen LogP contribution in [0.15, 0.2) is 121 Å². The predicted molar refractivity (Wildman–Crippen MR) is 142 cm³/mol. The van der Waals surface area contributed by atoms with Crippen molar-refractivity contribution in [3.05, 3.63) is 144 Å². The highest BCUT2D eigenvalue weighted by Gasteiger charge is 2.48. The van der Waals surface area contributed by atoms with E-state index in [2.05, 4.69) is 109 Å². The van der Waals surface area contributed by atoms with Crippen molar-refractivity contribution in [2.24, 2.45) is 0 Å². The Bertz CT molecular complexity index is 1590. The van der Waals surface area contributed by atoms with Gasteiger partial charge in [0, 0.05) is 10.6 Å². The second-order valence-corrected chi connectivity index (χ2v) is 12.2. The Morgan fingerprint density at radius 2 is 1.06 bits per heavy atom. The molecule has 1 unspecified atom stereocenters. The van der Waals surface area contributed by atoms with E-state index in [1.807, 2.05) is 18.8 Å². The van der Waals surface area contributed by atoms with Gasteiger partial charge >= 0.3 is 0 Å². The molecular formula is C32H23OP. The summed E-state index contributed by atoms with van der Waals surface area (Å²) < 4.78 is 14.1. The molecular weight excluding hydrogens is 431 g/mol. The molecule has 1 aliphatic heterocycles. The fourth-order valence-corrected chi connectivity index (χ4v) is 8.55. The number of rotatable bonds is 2. The highest BCUT2D eigenvalue weighted by Crippen LogP contribution is 2.59. The van der Waals surface area contributed by atoms with Gasteiger partial charge in [-0.2, -0.15) is 0 Å². The van der Waals surface area contributed by atoms with Crippen molar-refractivity contribution in [1.82, 2.24) is 0 Å². The summed E-state index contributed by atoms with van der Waals surface area (Å²) in [7, 11) is -2.65. The fourth-order valence-electron chi connectivity index (χ4n) is 6.25. The second kappa shape index (κ2) is 6.92. The molecule has 0 saturated carbocycles. The highest BCUT2D eigenvalue weighted by atomic mass is 31.2. The Balaban J connectivity index is 1.66. The van der Waals surface area contributed by atoms with E-state index in [1.54, 1.807) is 0 Å². The van der Waals surface area contributed by atoms with Crippen LogP contribution in [-0.4, -0.2) is 6.66 Å². The third kappa shape index (κ3) is 2.38. The molecule has 5 aromatic carbocycles. The first-order chi connectivity index (χ1) is 16.6. The average Bonchev–Trinajstić information content (AvgIpc) is 3.31. The Hall–Kier alpha value is -3.67. The van der Waals surface area contributed by atoms with Crippen LogP contribution < -0.4 is 10.6 Å². The molecule has 0 spiro atoms. The predicted octanol–water partition coefficient (Wildman–Crippen LogP) is 6.97. The SMILES string of the molecule is CP1(=O)c2ccccc2-c2cc3c(cc21)-c1ccccc1C3(c1ccccc1)c1ccccc1. The largest absolute Gasteiger partial charge is 0.314 e. The molecule has 1 nitrogen and oxygen atoms in total. The molecule has 0 fully saturated rings. The van der Waals surface area contributed by atoms with E-state index in [1.165, 1.54) is 33.4 Å². The minimum atomic E-state index is -2.65. The summed E-state index contributed by atoms with van der Waals surface area (Å²) in [5.74, 6) is 0. The molecule has 0 radical (unpaired) electrons. The van der Waals surface area contributed by atoms with Gasteiger partial charge in [-0.3, -0.25) is 0 Å². The molecule has 0 saturated heterocycles. The van der Waals surface area contributed by atoms with Crippen molar-refractivity contribution in [3.63, 3.8) is 0 Å². The third-order valence-corrected chi connectivity index (χ3v) is 10.3. The van der Waals surface area contributed by atoms with Crippen LogP contribution in [0.3, 0.4) is 0 Å².